The summed E-state index contributed by atoms with van der Waals surface area (Å²) >= 11 is 0. The van der Waals surface area contributed by atoms with Crippen LogP contribution < -0.4 is 10.6 Å². The first-order valence-electron chi connectivity index (χ1n) is 7.39. The first-order chi connectivity index (χ1) is 9.41. The minimum absolute atomic E-state index is 0.156. The molecule has 1 aromatic heterocycles. The van der Waals surface area contributed by atoms with Gasteiger partial charge in [-0.15, -0.1) is 0 Å². The number of aliphatic hydroxyl groups is 1. The summed E-state index contributed by atoms with van der Waals surface area (Å²) in [4.78, 5) is 8.75. The lowest BCUT2D eigenvalue weighted by molar-refractivity contribution is 0.260. The minimum atomic E-state index is -0.200. The fourth-order valence-corrected chi connectivity index (χ4v) is 2.09. The molecule has 1 aromatic rings. The molecule has 0 bridgehead atoms. The van der Waals surface area contributed by atoms with Gasteiger partial charge in [-0.2, -0.15) is 0 Å². The third-order valence-corrected chi connectivity index (χ3v) is 3.20. The van der Waals surface area contributed by atoms with E-state index in [1.54, 1.807) is 6.33 Å². The molecule has 1 rings (SSSR count). The third kappa shape index (κ3) is 4.63. The average molecular weight is 280 g/mol. The van der Waals surface area contributed by atoms with Crippen molar-refractivity contribution in [2.75, 3.05) is 23.8 Å². The number of aliphatic hydroxyl groups excluding tert-OH is 1. The first kappa shape index (κ1) is 16.7. The Hall–Kier alpha value is -1.36. The third-order valence-electron chi connectivity index (χ3n) is 3.20. The van der Waals surface area contributed by atoms with Gasteiger partial charge in [0.25, 0.3) is 0 Å². The summed E-state index contributed by atoms with van der Waals surface area (Å²) in [6.45, 7) is 11.6. The number of hydrogen-bond acceptors (Lipinski definition) is 5. The molecule has 0 saturated heterocycles. The molecule has 5 heteroatoms. The van der Waals surface area contributed by atoms with Crippen LogP contribution in [0.25, 0.3) is 0 Å². The zero-order valence-electron chi connectivity index (χ0n) is 13.3. The number of rotatable bonds is 8. The van der Waals surface area contributed by atoms with E-state index < -0.39 is 0 Å². The Morgan fingerprint density at radius 2 is 1.90 bits per heavy atom. The molecule has 0 saturated carbocycles. The van der Waals surface area contributed by atoms with Crippen molar-refractivity contribution >= 4 is 11.6 Å². The van der Waals surface area contributed by atoms with Crippen LogP contribution in [0.1, 0.15) is 58.9 Å². The number of aromatic nitrogens is 2. The molecule has 0 fully saturated rings. The molecule has 5 nitrogen and oxygen atoms in total. The molecule has 1 heterocycles. The normalized spacial score (nSPS) is 11.8. The standard InChI is InChI=1S/C15H28N4O/c1-6-8-16-13-12(11(2)3)14(18-10-17-13)19-15(4,5)7-9-20/h10-11,20H,6-9H2,1-5H3,(H2,16,17,18,19). The Labute approximate surface area is 122 Å². The van der Waals surface area contributed by atoms with Gasteiger partial charge in [0.15, 0.2) is 0 Å². The van der Waals surface area contributed by atoms with Gasteiger partial charge in [-0.25, -0.2) is 9.97 Å². The van der Waals surface area contributed by atoms with Gasteiger partial charge >= 0.3 is 0 Å². The molecule has 0 aliphatic heterocycles. The highest BCUT2D eigenvalue weighted by atomic mass is 16.3. The molecule has 0 radical (unpaired) electrons. The second-order valence-corrected chi connectivity index (χ2v) is 6.05. The Balaban J connectivity index is 3.06. The molecule has 0 spiro atoms. The van der Waals surface area contributed by atoms with Gasteiger partial charge in [0.2, 0.25) is 0 Å². The maximum Gasteiger partial charge on any atom is 0.135 e. The summed E-state index contributed by atoms with van der Waals surface area (Å²) in [6.07, 6.45) is 3.31. The average Bonchev–Trinajstić information content (AvgIpc) is 2.35. The summed E-state index contributed by atoms with van der Waals surface area (Å²) in [6, 6.07) is 0. The monoisotopic (exact) mass is 280 g/mol. The van der Waals surface area contributed by atoms with Gasteiger partial charge in [0.1, 0.15) is 18.0 Å². The van der Waals surface area contributed by atoms with Crippen LogP contribution in [-0.2, 0) is 0 Å². The molecule has 0 unspecified atom stereocenters. The molecule has 0 atom stereocenters. The van der Waals surface area contributed by atoms with Crippen LogP contribution in [0.4, 0.5) is 11.6 Å². The minimum Gasteiger partial charge on any atom is -0.396 e. The van der Waals surface area contributed by atoms with Gasteiger partial charge in [0.05, 0.1) is 0 Å². The van der Waals surface area contributed by atoms with E-state index in [-0.39, 0.29) is 12.1 Å². The Kier molecular flexibility index (Phi) is 6.20. The predicted octanol–water partition coefficient (Wildman–Crippen LogP) is 2.99. The quantitative estimate of drug-likeness (QED) is 0.683. The van der Waals surface area contributed by atoms with Crippen LogP contribution in [-0.4, -0.2) is 33.8 Å². The number of hydrogen-bond donors (Lipinski definition) is 3. The van der Waals surface area contributed by atoms with Crippen LogP contribution in [0.5, 0.6) is 0 Å². The summed E-state index contributed by atoms with van der Waals surface area (Å²) < 4.78 is 0. The number of nitrogens with zero attached hydrogens (tertiary/aromatic N) is 2. The second-order valence-electron chi connectivity index (χ2n) is 6.05. The summed E-state index contributed by atoms with van der Waals surface area (Å²) in [5.74, 6) is 2.08. The Morgan fingerprint density at radius 1 is 1.25 bits per heavy atom. The van der Waals surface area contributed by atoms with Gasteiger partial charge in [0, 0.05) is 24.3 Å². The van der Waals surface area contributed by atoms with Gasteiger partial charge in [-0.3, -0.25) is 0 Å². The summed E-state index contributed by atoms with van der Waals surface area (Å²) in [7, 11) is 0. The van der Waals surface area contributed by atoms with Crippen LogP contribution in [0.15, 0.2) is 6.33 Å². The highest BCUT2D eigenvalue weighted by molar-refractivity contribution is 5.59. The largest absolute Gasteiger partial charge is 0.396 e. The Morgan fingerprint density at radius 3 is 2.45 bits per heavy atom. The lowest BCUT2D eigenvalue weighted by Crippen LogP contribution is -2.33. The van der Waals surface area contributed by atoms with E-state index in [4.69, 9.17) is 5.11 Å². The van der Waals surface area contributed by atoms with E-state index in [9.17, 15) is 0 Å². The van der Waals surface area contributed by atoms with Crippen molar-refractivity contribution in [3.8, 4) is 0 Å². The zero-order valence-corrected chi connectivity index (χ0v) is 13.3. The van der Waals surface area contributed by atoms with E-state index in [1.165, 1.54) is 0 Å². The first-order valence-corrected chi connectivity index (χ1v) is 7.39. The van der Waals surface area contributed by atoms with Crippen molar-refractivity contribution in [2.24, 2.45) is 0 Å². The predicted molar refractivity (Wildman–Crippen MR) is 84.3 cm³/mol. The van der Waals surface area contributed by atoms with E-state index in [0.717, 1.165) is 30.2 Å². The number of nitrogens with one attached hydrogen (secondary N) is 2. The van der Waals surface area contributed by atoms with E-state index >= 15 is 0 Å². The molecule has 114 valence electrons. The molecular weight excluding hydrogens is 252 g/mol. The van der Waals surface area contributed by atoms with Crippen molar-refractivity contribution < 1.29 is 5.11 Å². The van der Waals surface area contributed by atoms with Gasteiger partial charge < -0.3 is 15.7 Å². The molecule has 0 aliphatic carbocycles. The van der Waals surface area contributed by atoms with Crippen molar-refractivity contribution in [3.05, 3.63) is 11.9 Å². The zero-order chi connectivity index (χ0) is 15.2. The number of anilines is 2. The highest BCUT2D eigenvalue weighted by Gasteiger charge is 2.22. The van der Waals surface area contributed by atoms with Crippen LogP contribution in [0, 0.1) is 0 Å². The van der Waals surface area contributed by atoms with Crippen molar-refractivity contribution in [2.45, 2.75) is 58.9 Å². The van der Waals surface area contributed by atoms with E-state index in [1.807, 2.05) is 0 Å². The molecule has 0 amide bonds. The van der Waals surface area contributed by atoms with E-state index in [2.05, 4.69) is 55.2 Å². The van der Waals surface area contributed by atoms with Gasteiger partial charge in [-0.05, 0) is 32.6 Å². The van der Waals surface area contributed by atoms with E-state index in [0.29, 0.717) is 12.3 Å². The maximum atomic E-state index is 9.14. The lowest BCUT2D eigenvalue weighted by atomic mass is 9.99. The van der Waals surface area contributed by atoms with Crippen LogP contribution >= 0.6 is 0 Å². The fourth-order valence-electron chi connectivity index (χ4n) is 2.09. The Bertz CT molecular complexity index is 418. The summed E-state index contributed by atoms with van der Waals surface area (Å²) in [5.41, 5.74) is 0.904. The van der Waals surface area contributed by atoms with Crippen molar-refractivity contribution in [1.29, 1.82) is 0 Å². The van der Waals surface area contributed by atoms with Crippen molar-refractivity contribution in [3.63, 3.8) is 0 Å². The van der Waals surface area contributed by atoms with Crippen LogP contribution in [0.2, 0.25) is 0 Å². The molecule has 3 N–H and O–H groups in total. The molecular formula is C15H28N4O. The SMILES string of the molecule is CCCNc1ncnc(NC(C)(C)CCO)c1C(C)C. The lowest BCUT2D eigenvalue weighted by Gasteiger charge is -2.28. The van der Waals surface area contributed by atoms with Crippen molar-refractivity contribution in [1.82, 2.24) is 9.97 Å². The topological polar surface area (TPSA) is 70.1 Å². The molecule has 0 aromatic carbocycles. The molecule has 20 heavy (non-hydrogen) atoms. The van der Waals surface area contributed by atoms with Gasteiger partial charge in [-0.1, -0.05) is 20.8 Å². The maximum absolute atomic E-state index is 9.14. The smallest absolute Gasteiger partial charge is 0.135 e. The highest BCUT2D eigenvalue weighted by Crippen LogP contribution is 2.30. The second kappa shape index (κ2) is 7.43. The molecule has 0 aliphatic rings. The van der Waals surface area contributed by atoms with Crippen LogP contribution in [0.3, 0.4) is 0 Å². The fraction of sp³-hybridized carbons (Fsp3) is 0.733. The summed E-state index contributed by atoms with van der Waals surface area (Å²) in [5, 5.41) is 15.9.